The van der Waals surface area contributed by atoms with Gasteiger partial charge >= 0.3 is 0 Å². The van der Waals surface area contributed by atoms with Crippen molar-refractivity contribution in [3.8, 4) is 0 Å². The number of thiazole rings is 1. The fourth-order valence-corrected chi connectivity index (χ4v) is 3.59. The fourth-order valence-electron chi connectivity index (χ4n) is 2.69. The number of aryl methyl sites for hydroxylation is 1. The number of para-hydroxylation sites is 1. The van der Waals surface area contributed by atoms with E-state index in [-0.39, 0.29) is 5.41 Å². The molecule has 0 spiro atoms. The molecule has 6 heteroatoms. The Hall–Kier alpha value is -2.34. The molecule has 0 fully saturated rings. The van der Waals surface area contributed by atoms with Crippen molar-refractivity contribution in [1.82, 2.24) is 15.6 Å². The van der Waals surface area contributed by atoms with Crippen molar-refractivity contribution in [3.63, 3.8) is 0 Å². The molecule has 3 aromatic rings. The van der Waals surface area contributed by atoms with Gasteiger partial charge < -0.3 is 15.1 Å². The number of guanidine groups is 1. The molecule has 0 bridgehead atoms. The van der Waals surface area contributed by atoms with Crippen LogP contribution in [-0.2, 0) is 18.5 Å². The van der Waals surface area contributed by atoms with Crippen LogP contribution in [0.15, 0.2) is 39.1 Å². The fraction of sp³-hybridized carbons (Fsp3) is 0.400. The van der Waals surface area contributed by atoms with E-state index in [0.29, 0.717) is 13.1 Å². The van der Waals surface area contributed by atoms with Gasteiger partial charge in [0, 0.05) is 28.8 Å². The highest BCUT2D eigenvalue weighted by atomic mass is 32.1. The van der Waals surface area contributed by atoms with Gasteiger partial charge in [-0.05, 0) is 13.0 Å². The lowest BCUT2D eigenvalue weighted by molar-refractivity contribution is 0.534. The first-order valence-electron chi connectivity index (χ1n) is 8.75. The average molecular weight is 371 g/mol. The minimum Gasteiger partial charge on any atom is -0.459 e. The van der Waals surface area contributed by atoms with Crippen molar-refractivity contribution < 1.29 is 4.42 Å². The first kappa shape index (κ1) is 18.5. The molecule has 2 aromatic heterocycles. The topological polar surface area (TPSA) is 62.5 Å². The third kappa shape index (κ3) is 4.07. The maximum absolute atomic E-state index is 5.94. The second kappa shape index (κ2) is 7.50. The Morgan fingerprint density at radius 3 is 2.58 bits per heavy atom. The van der Waals surface area contributed by atoms with Crippen molar-refractivity contribution in [1.29, 1.82) is 0 Å². The molecule has 26 heavy (non-hydrogen) atoms. The van der Waals surface area contributed by atoms with Gasteiger partial charge in [0.15, 0.2) is 5.96 Å². The van der Waals surface area contributed by atoms with E-state index >= 15 is 0 Å². The quantitative estimate of drug-likeness (QED) is 0.529. The molecule has 0 radical (unpaired) electrons. The second-order valence-electron chi connectivity index (χ2n) is 7.32. The normalized spacial score (nSPS) is 12.6. The van der Waals surface area contributed by atoms with Crippen LogP contribution in [0.2, 0.25) is 0 Å². The standard InChI is InChI=1S/C20H26N4OS/c1-13-15-8-6-7-9-16(15)25-17(13)11-23-19(21-5)22-10-14-12-26-18(24-14)20(2,3)4/h6-9,12H,10-11H2,1-5H3,(H2,21,22,23). The zero-order valence-corrected chi connectivity index (χ0v) is 16.8. The van der Waals surface area contributed by atoms with E-state index in [0.717, 1.165) is 39.0 Å². The molecule has 138 valence electrons. The number of nitrogens with one attached hydrogen (secondary N) is 2. The highest BCUT2D eigenvalue weighted by molar-refractivity contribution is 7.09. The third-order valence-corrected chi connectivity index (χ3v) is 5.53. The molecular weight excluding hydrogens is 344 g/mol. The number of rotatable bonds is 4. The molecule has 0 aliphatic heterocycles. The van der Waals surface area contributed by atoms with Crippen LogP contribution < -0.4 is 10.6 Å². The van der Waals surface area contributed by atoms with E-state index in [2.05, 4.69) is 54.8 Å². The lowest BCUT2D eigenvalue weighted by Crippen LogP contribution is -2.36. The Labute approximate surface area is 158 Å². The zero-order valence-electron chi connectivity index (χ0n) is 16.0. The summed E-state index contributed by atoms with van der Waals surface area (Å²) in [5, 5.41) is 11.0. The van der Waals surface area contributed by atoms with Gasteiger partial charge in [0.25, 0.3) is 0 Å². The highest BCUT2D eigenvalue weighted by Crippen LogP contribution is 2.26. The largest absolute Gasteiger partial charge is 0.459 e. The van der Waals surface area contributed by atoms with E-state index in [1.807, 2.05) is 18.2 Å². The maximum atomic E-state index is 5.94. The summed E-state index contributed by atoms with van der Waals surface area (Å²) in [6.45, 7) is 9.86. The monoisotopic (exact) mass is 370 g/mol. The molecule has 0 amide bonds. The molecule has 0 saturated carbocycles. The summed E-state index contributed by atoms with van der Waals surface area (Å²) in [5.74, 6) is 1.66. The molecular formula is C20H26N4OS. The zero-order chi connectivity index (χ0) is 18.7. The van der Waals surface area contributed by atoms with E-state index in [1.54, 1.807) is 18.4 Å². The summed E-state index contributed by atoms with van der Waals surface area (Å²) in [7, 11) is 1.77. The molecule has 5 nitrogen and oxygen atoms in total. The lowest BCUT2D eigenvalue weighted by Gasteiger charge is -2.14. The SMILES string of the molecule is CN=C(NCc1csc(C(C)(C)C)n1)NCc1oc2ccccc2c1C. The molecule has 2 heterocycles. The predicted molar refractivity (Wildman–Crippen MR) is 109 cm³/mol. The average Bonchev–Trinajstić information content (AvgIpc) is 3.21. The van der Waals surface area contributed by atoms with Gasteiger partial charge in [-0.3, -0.25) is 4.99 Å². The van der Waals surface area contributed by atoms with Crippen LogP contribution >= 0.6 is 11.3 Å². The van der Waals surface area contributed by atoms with Crippen LogP contribution in [0.25, 0.3) is 11.0 Å². The summed E-state index contributed by atoms with van der Waals surface area (Å²) in [6, 6.07) is 8.10. The first-order chi connectivity index (χ1) is 12.4. The number of hydrogen-bond acceptors (Lipinski definition) is 4. The summed E-state index contributed by atoms with van der Waals surface area (Å²) in [6.07, 6.45) is 0. The Balaban J connectivity index is 1.59. The van der Waals surface area contributed by atoms with E-state index in [1.165, 1.54) is 0 Å². The van der Waals surface area contributed by atoms with Gasteiger partial charge in [-0.25, -0.2) is 4.98 Å². The van der Waals surface area contributed by atoms with E-state index in [9.17, 15) is 0 Å². The number of aliphatic imine (C=N–C) groups is 1. The van der Waals surface area contributed by atoms with Gasteiger partial charge in [0.05, 0.1) is 23.8 Å². The maximum Gasteiger partial charge on any atom is 0.191 e. The predicted octanol–water partition coefficient (Wildman–Crippen LogP) is 4.36. The number of hydrogen-bond donors (Lipinski definition) is 2. The smallest absolute Gasteiger partial charge is 0.191 e. The van der Waals surface area contributed by atoms with Crippen molar-refractivity contribution >= 4 is 28.3 Å². The Morgan fingerprint density at radius 2 is 1.92 bits per heavy atom. The van der Waals surface area contributed by atoms with Crippen LogP contribution in [0.5, 0.6) is 0 Å². The Morgan fingerprint density at radius 1 is 1.19 bits per heavy atom. The molecule has 0 aliphatic rings. The van der Waals surface area contributed by atoms with Gasteiger partial charge in [0.2, 0.25) is 0 Å². The van der Waals surface area contributed by atoms with Crippen molar-refractivity contribution in [2.24, 2.45) is 4.99 Å². The van der Waals surface area contributed by atoms with Crippen molar-refractivity contribution in [3.05, 3.63) is 51.7 Å². The van der Waals surface area contributed by atoms with Gasteiger partial charge in [-0.15, -0.1) is 11.3 Å². The third-order valence-electron chi connectivity index (χ3n) is 4.21. The van der Waals surface area contributed by atoms with Crippen molar-refractivity contribution in [2.45, 2.75) is 46.2 Å². The van der Waals surface area contributed by atoms with E-state index < -0.39 is 0 Å². The summed E-state index contributed by atoms with van der Waals surface area (Å²) < 4.78 is 5.94. The number of benzene rings is 1. The highest BCUT2D eigenvalue weighted by Gasteiger charge is 2.18. The van der Waals surface area contributed by atoms with Gasteiger partial charge in [-0.1, -0.05) is 39.0 Å². The number of nitrogens with zero attached hydrogens (tertiary/aromatic N) is 2. The molecule has 0 saturated heterocycles. The summed E-state index contributed by atoms with van der Waals surface area (Å²) in [4.78, 5) is 8.99. The minimum atomic E-state index is 0.0850. The van der Waals surface area contributed by atoms with Crippen LogP contribution in [-0.4, -0.2) is 18.0 Å². The molecule has 0 atom stereocenters. The number of furan rings is 1. The first-order valence-corrected chi connectivity index (χ1v) is 9.63. The van der Waals surface area contributed by atoms with Crippen LogP contribution in [0.4, 0.5) is 0 Å². The molecule has 1 aromatic carbocycles. The minimum absolute atomic E-state index is 0.0850. The lowest BCUT2D eigenvalue weighted by atomic mass is 9.98. The van der Waals surface area contributed by atoms with Gasteiger partial charge in [0.1, 0.15) is 11.3 Å². The van der Waals surface area contributed by atoms with Crippen LogP contribution in [0.3, 0.4) is 0 Å². The van der Waals surface area contributed by atoms with Crippen molar-refractivity contribution in [2.75, 3.05) is 7.05 Å². The Kier molecular flexibility index (Phi) is 5.32. The molecule has 2 N–H and O–H groups in total. The summed E-state index contributed by atoms with van der Waals surface area (Å²) in [5.41, 5.74) is 3.20. The molecule has 3 rings (SSSR count). The van der Waals surface area contributed by atoms with E-state index in [4.69, 9.17) is 9.40 Å². The number of fused-ring (bicyclic) bond motifs is 1. The van der Waals surface area contributed by atoms with Gasteiger partial charge in [-0.2, -0.15) is 0 Å². The number of aromatic nitrogens is 1. The van der Waals surface area contributed by atoms with Crippen LogP contribution in [0, 0.1) is 6.92 Å². The second-order valence-corrected chi connectivity index (χ2v) is 8.18. The van der Waals surface area contributed by atoms with Crippen LogP contribution in [0.1, 0.15) is 42.8 Å². The molecule has 0 aliphatic carbocycles. The summed E-state index contributed by atoms with van der Waals surface area (Å²) >= 11 is 1.70. The molecule has 0 unspecified atom stereocenters. The Bertz CT molecular complexity index is 917.